The number of hydrogen-bond donors (Lipinski definition) is 0. The van der Waals surface area contributed by atoms with Crippen molar-refractivity contribution in [1.29, 1.82) is 0 Å². The minimum Gasteiger partial charge on any atom is -0.496 e. The zero-order valence-corrected chi connectivity index (χ0v) is 14.0. The van der Waals surface area contributed by atoms with E-state index >= 15 is 0 Å². The van der Waals surface area contributed by atoms with Gasteiger partial charge in [-0.2, -0.15) is 0 Å². The molecule has 2 rings (SSSR count). The SMILES string of the molecule is CCCN(C(C)C)C1COc2c(F)ccc(OC)c2C1.Cl. The van der Waals surface area contributed by atoms with Gasteiger partial charge in [0.2, 0.25) is 0 Å². The monoisotopic (exact) mass is 317 g/mol. The van der Waals surface area contributed by atoms with Gasteiger partial charge in [-0.15, -0.1) is 12.4 Å². The number of rotatable bonds is 5. The first-order chi connectivity index (χ1) is 9.58. The van der Waals surface area contributed by atoms with Crippen LogP contribution in [0.2, 0.25) is 0 Å². The van der Waals surface area contributed by atoms with Crippen LogP contribution in [0.4, 0.5) is 4.39 Å². The van der Waals surface area contributed by atoms with Gasteiger partial charge in [0.25, 0.3) is 0 Å². The summed E-state index contributed by atoms with van der Waals surface area (Å²) in [5.41, 5.74) is 0.852. The third-order valence-electron chi connectivity index (χ3n) is 3.86. The second kappa shape index (κ2) is 7.85. The van der Waals surface area contributed by atoms with Gasteiger partial charge in [0.05, 0.1) is 7.11 Å². The fraction of sp³-hybridized carbons (Fsp3) is 0.625. The van der Waals surface area contributed by atoms with Crippen LogP contribution in [-0.4, -0.2) is 37.2 Å². The van der Waals surface area contributed by atoms with Crippen molar-refractivity contribution in [2.24, 2.45) is 0 Å². The molecule has 1 aromatic carbocycles. The fourth-order valence-electron chi connectivity index (χ4n) is 2.93. The summed E-state index contributed by atoms with van der Waals surface area (Å²) < 4.78 is 24.9. The van der Waals surface area contributed by atoms with Crippen LogP contribution in [0.1, 0.15) is 32.8 Å². The fourth-order valence-corrected chi connectivity index (χ4v) is 2.93. The van der Waals surface area contributed by atoms with Gasteiger partial charge in [-0.25, -0.2) is 4.39 Å². The van der Waals surface area contributed by atoms with Gasteiger partial charge in [-0.05, 0) is 45.4 Å². The van der Waals surface area contributed by atoms with E-state index in [0.29, 0.717) is 24.1 Å². The van der Waals surface area contributed by atoms with Crippen molar-refractivity contribution >= 4 is 12.4 Å². The molecule has 21 heavy (non-hydrogen) atoms. The Morgan fingerprint density at radius 3 is 2.71 bits per heavy atom. The molecule has 1 unspecified atom stereocenters. The molecule has 0 spiro atoms. The molecule has 1 heterocycles. The molecule has 1 aromatic rings. The van der Waals surface area contributed by atoms with Crippen LogP contribution in [-0.2, 0) is 6.42 Å². The standard InChI is InChI=1S/C16H24FNO2.ClH/c1-5-8-18(11(2)3)12-9-13-15(19-4)7-6-14(17)16(13)20-10-12;/h6-7,11-12H,5,8-10H2,1-4H3;1H. The zero-order chi connectivity index (χ0) is 14.7. The minimum absolute atomic E-state index is 0. The Morgan fingerprint density at radius 2 is 2.14 bits per heavy atom. The van der Waals surface area contributed by atoms with Gasteiger partial charge < -0.3 is 9.47 Å². The van der Waals surface area contributed by atoms with Crippen molar-refractivity contribution in [3.8, 4) is 11.5 Å². The third-order valence-corrected chi connectivity index (χ3v) is 3.86. The molecule has 5 heteroatoms. The largest absolute Gasteiger partial charge is 0.496 e. The summed E-state index contributed by atoms with van der Waals surface area (Å²) in [6.45, 7) is 8.11. The second-order valence-electron chi connectivity index (χ2n) is 5.56. The average Bonchev–Trinajstić information content (AvgIpc) is 2.44. The Morgan fingerprint density at radius 1 is 1.43 bits per heavy atom. The highest BCUT2D eigenvalue weighted by Gasteiger charge is 2.30. The lowest BCUT2D eigenvalue weighted by molar-refractivity contribution is 0.0890. The summed E-state index contributed by atoms with van der Waals surface area (Å²) in [5, 5.41) is 0. The Labute approximate surface area is 132 Å². The zero-order valence-electron chi connectivity index (χ0n) is 13.2. The molecule has 0 radical (unpaired) electrons. The van der Waals surface area contributed by atoms with E-state index in [0.717, 1.165) is 24.9 Å². The predicted octanol–water partition coefficient (Wildman–Crippen LogP) is 3.68. The van der Waals surface area contributed by atoms with E-state index in [1.54, 1.807) is 13.2 Å². The lowest BCUT2D eigenvalue weighted by atomic mass is 9.99. The van der Waals surface area contributed by atoms with E-state index in [1.165, 1.54) is 6.07 Å². The number of fused-ring (bicyclic) bond motifs is 1. The van der Waals surface area contributed by atoms with Gasteiger partial charge in [0.1, 0.15) is 12.4 Å². The van der Waals surface area contributed by atoms with Crippen LogP contribution in [0.3, 0.4) is 0 Å². The minimum atomic E-state index is -0.300. The van der Waals surface area contributed by atoms with E-state index in [4.69, 9.17) is 9.47 Å². The third kappa shape index (κ3) is 3.80. The highest BCUT2D eigenvalue weighted by Crippen LogP contribution is 2.36. The summed E-state index contributed by atoms with van der Waals surface area (Å²) in [7, 11) is 1.61. The Kier molecular flexibility index (Phi) is 6.75. The summed E-state index contributed by atoms with van der Waals surface area (Å²) in [4.78, 5) is 2.42. The highest BCUT2D eigenvalue weighted by molar-refractivity contribution is 5.85. The van der Waals surface area contributed by atoms with Crippen LogP contribution in [0, 0.1) is 5.82 Å². The number of ether oxygens (including phenoxy) is 2. The van der Waals surface area contributed by atoms with Crippen molar-refractivity contribution in [3.63, 3.8) is 0 Å². The first-order valence-corrected chi connectivity index (χ1v) is 7.32. The lowest BCUT2D eigenvalue weighted by Crippen LogP contribution is -2.47. The van der Waals surface area contributed by atoms with Crippen molar-refractivity contribution in [1.82, 2.24) is 4.90 Å². The molecule has 3 nitrogen and oxygen atoms in total. The highest BCUT2D eigenvalue weighted by atomic mass is 35.5. The average molecular weight is 318 g/mol. The van der Waals surface area contributed by atoms with Crippen LogP contribution in [0.5, 0.6) is 11.5 Å². The molecule has 0 saturated heterocycles. The number of methoxy groups -OCH3 is 1. The van der Waals surface area contributed by atoms with E-state index < -0.39 is 0 Å². The molecule has 0 N–H and O–H groups in total. The van der Waals surface area contributed by atoms with Crippen molar-refractivity contribution in [2.75, 3.05) is 20.3 Å². The summed E-state index contributed by atoms with van der Waals surface area (Å²) in [5.74, 6) is 0.776. The summed E-state index contributed by atoms with van der Waals surface area (Å²) >= 11 is 0. The van der Waals surface area contributed by atoms with E-state index in [1.807, 2.05) is 0 Å². The van der Waals surface area contributed by atoms with Crippen LogP contribution >= 0.6 is 12.4 Å². The van der Waals surface area contributed by atoms with Gasteiger partial charge >= 0.3 is 0 Å². The molecule has 0 fully saturated rings. The topological polar surface area (TPSA) is 21.7 Å². The Bertz CT molecular complexity index is 468. The first kappa shape index (κ1) is 18.1. The van der Waals surface area contributed by atoms with Crippen LogP contribution in [0.25, 0.3) is 0 Å². The maximum Gasteiger partial charge on any atom is 0.165 e. The van der Waals surface area contributed by atoms with E-state index in [9.17, 15) is 4.39 Å². The predicted molar refractivity (Wildman–Crippen MR) is 85.3 cm³/mol. The second-order valence-corrected chi connectivity index (χ2v) is 5.56. The van der Waals surface area contributed by atoms with Crippen molar-refractivity contribution in [2.45, 2.75) is 45.7 Å². The van der Waals surface area contributed by atoms with Gasteiger partial charge in [0, 0.05) is 17.6 Å². The number of hydrogen-bond acceptors (Lipinski definition) is 3. The molecule has 1 atom stereocenters. The van der Waals surface area contributed by atoms with Gasteiger partial charge in [-0.3, -0.25) is 4.90 Å². The lowest BCUT2D eigenvalue weighted by Gasteiger charge is -2.38. The molecule has 0 saturated carbocycles. The summed E-state index contributed by atoms with van der Waals surface area (Å²) in [6, 6.07) is 3.81. The quantitative estimate of drug-likeness (QED) is 0.827. The molecule has 120 valence electrons. The van der Waals surface area contributed by atoms with Crippen molar-refractivity contribution in [3.05, 3.63) is 23.5 Å². The number of halogens is 2. The Balaban J connectivity index is 0.00000220. The van der Waals surface area contributed by atoms with Gasteiger partial charge in [0.15, 0.2) is 11.6 Å². The van der Waals surface area contributed by atoms with Crippen LogP contribution < -0.4 is 9.47 Å². The normalized spacial score (nSPS) is 17.2. The van der Waals surface area contributed by atoms with Crippen LogP contribution in [0.15, 0.2) is 12.1 Å². The molecule has 0 bridgehead atoms. The van der Waals surface area contributed by atoms with E-state index in [2.05, 4.69) is 25.7 Å². The number of benzene rings is 1. The molecule has 0 amide bonds. The smallest absolute Gasteiger partial charge is 0.165 e. The molecular formula is C16H25ClFNO2. The maximum atomic E-state index is 13.8. The molecule has 1 aliphatic rings. The Hall–Kier alpha value is -1.00. The molecule has 0 aliphatic carbocycles. The number of nitrogens with zero attached hydrogens (tertiary/aromatic N) is 1. The molecule has 0 aromatic heterocycles. The molecule has 1 aliphatic heterocycles. The molecular weight excluding hydrogens is 293 g/mol. The van der Waals surface area contributed by atoms with Crippen molar-refractivity contribution < 1.29 is 13.9 Å². The first-order valence-electron chi connectivity index (χ1n) is 7.32. The van der Waals surface area contributed by atoms with E-state index in [-0.39, 0.29) is 24.3 Å². The maximum absolute atomic E-state index is 13.8. The van der Waals surface area contributed by atoms with Gasteiger partial charge in [-0.1, -0.05) is 6.92 Å². The summed E-state index contributed by atoms with van der Waals surface area (Å²) in [6.07, 6.45) is 1.87.